The van der Waals surface area contributed by atoms with E-state index in [1.165, 1.54) is 32.0 Å². The molecule has 0 radical (unpaired) electrons. The van der Waals surface area contributed by atoms with Crippen LogP contribution < -0.4 is 5.73 Å². The lowest BCUT2D eigenvalue weighted by Crippen LogP contribution is -2.14. The zero-order chi connectivity index (χ0) is 15.7. The molecule has 114 valence electrons. The van der Waals surface area contributed by atoms with Crippen LogP contribution in [0.25, 0.3) is 0 Å². The number of hydrogen-bond acceptors (Lipinski definition) is 2. The van der Waals surface area contributed by atoms with E-state index in [2.05, 4.69) is 65.8 Å². The predicted octanol–water partition coefficient (Wildman–Crippen LogP) is 5.66. The zero-order valence-corrected chi connectivity index (χ0v) is 14.8. The summed E-state index contributed by atoms with van der Waals surface area (Å²) in [5, 5.41) is 0. The van der Waals surface area contributed by atoms with E-state index in [-0.39, 0.29) is 6.04 Å². The summed E-state index contributed by atoms with van der Waals surface area (Å²) >= 11 is 1.82. The average Bonchev–Trinajstić information content (AvgIpc) is 2.77. The maximum atomic E-state index is 6.57. The minimum Gasteiger partial charge on any atom is -0.320 e. The number of thiophene rings is 1. The molecule has 0 spiro atoms. The lowest BCUT2D eigenvalue weighted by Gasteiger charge is -2.20. The van der Waals surface area contributed by atoms with Crippen LogP contribution in [0.3, 0.4) is 0 Å². The van der Waals surface area contributed by atoms with E-state index in [4.69, 9.17) is 5.73 Å². The van der Waals surface area contributed by atoms with Gasteiger partial charge in [0, 0.05) is 9.75 Å². The van der Waals surface area contributed by atoms with E-state index in [9.17, 15) is 0 Å². The molecule has 1 heterocycles. The van der Waals surface area contributed by atoms with Crippen LogP contribution in [0.5, 0.6) is 0 Å². The van der Waals surface area contributed by atoms with Gasteiger partial charge < -0.3 is 5.73 Å². The maximum Gasteiger partial charge on any atom is 0.0648 e. The van der Waals surface area contributed by atoms with Crippen molar-refractivity contribution in [2.24, 2.45) is 5.73 Å². The molecule has 0 bridgehead atoms. The predicted molar refractivity (Wildman–Crippen MR) is 94.4 cm³/mol. The second kappa shape index (κ2) is 6.33. The molecule has 0 saturated heterocycles. The molecule has 1 nitrogen and oxygen atoms in total. The minimum atomic E-state index is -0.0130. The maximum absolute atomic E-state index is 6.57. The van der Waals surface area contributed by atoms with Crippen molar-refractivity contribution in [3.05, 3.63) is 56.3 Å². The molecule has 1 aromatic carbocycles. The Hall–Kier alpha value is -1.12. The molecule has 2 N–H and O–H groups in total. The fourth-order valence-corrected chi connectivity index (χ4v) is 3.71. The van der Waals surface area contributed by atoms with Gasteiger partial charge in [-0.15, -0.1) is 11.3 Å². The Bertz CT molecular complexity index is 603. The molecule has 21 heavy (non-hydrogen) atoms. The third-order valence-electron chi connectivity index (χ3n) is 4.23. The first kappa shape index (κ1) is 16.3. The summed E-state index contributed by atoms with van der Waals surface area (Å²) in [7, 11) is 0. The molecule has 0 aliphatic heterocycles. The van der Waals surface area contributed by atoms with Gasteiger partial charge >= 0.3 is 0 Å². The Balaban J connectivity index is 2.47. The molecule has 2 rings (SSSR count). The quantitative estimate of drug-likeness (QED) is 0.774. The first-order chi connectivity index (χ1) is 9.81. The lowest BCUT2D eigenvalue weighted by molar-refractivity contribution is 0.787. The second-order valence-electron chi connectivity index (χ2n) is 6.56. The number of aryl methyl sites for hydroxylation is 2. The summed E-state index contributed by atoms with van der Waals surface area (Å²) in [5.74, 6) is 1.05. The van der Waals surface area contributed by atoms with E-state index in [0.717, 1.165) is 0 Å². The van der Waals surface area contributed by atoms with Gasteiger partial charge in [0.05, 0.1) is 6.04 Å². The van der Waals surface area contributed by atoms with Crippen LogP contribution in [0.15, 0.2) is 24.3 Å². The van der Waals surface area contributed by atoms with Crippen molar-refractivity contribution in [1.82, 2.24) is 0 Å². The van der Waals surface area contributed by atoms with Gasteiger partial charge in [-0.25, -0.2) is 0 Å². The summed E-state index contributed by atoms with van der Waals surface area (Å²) in [5.41, 5.74) is 12.0. The largest absolute Gasteiger partial charge is 0.320 e. The van der Waals surface area contributed by atoms with Gasteiger partial charge in [0.1, 0.15) is 0 Å². The Morgan fingerprint density at radius 1 is 0.905 bits per heavy atom. The van der Waals surface area contributed by atoms with Crippen molar-refractivity contribution < 1.29 is 0 Å². The van der Waals surface area contributed by atoms with Crippen LogP contribution in [0, 0.1) is 13.8 Å². The third kappa shape index (κ3) is 3.38. The average molecular weight is 301 g/mol. The Morgan fingerprint density at radius 2 is 1.57 bits per heavy atom. The molecule has 0 amide bonds. The second-order valence-corrected chi connectivity index (χ2v) is 7.85. The SMILES string of the molecule is Cc1cc(C(N)c2ccc(C(C)C)cc2C(C)C)sc1C. The molecule has 1 atom stereocenters. The highest BCUT2D eigenvalue weighted by Gasteiger charge is 2.18. The first-order valence-corrected chi connectivity index (χ1v) is 8.59. The van der Waals surface area contributed by atoms with Gasteiger partial charge in [0.15, 0.2) is 0 Å². The summed E-state index contributed by atoms with van der Waals surface area (Å²) in [4.78, 5) is 2.63. The number of nitrogens with two attached hydrogens (primary N) is 1. The topological polar surface area (TPSA) is 26.0 Å². The molecular weight excluding hydrogens is 274 g/mol. The molecule has 2 aromatic rings. The molecule has 0 fully saturated rings. The van der Waals surface area contributed by atoms with E-state index < -0.39 is 0 Å². The fourth-order valence-electron chi connectivity index (χ4n) is 2.64. The summed E-state index contributed by atoms with van der Waals surface area (Å²) in [6, 6.07) is 9.04. The Kier molecular flexibility index (Phi) is 4.90. The van der Waals surface area contributed by atoms with Crippen molar-refractivity contribution in [3.8, 4) is 0 Å². The highest BCUT2D eigenvalue weighted by Crippen LogP contribution is 2.34. The molecule has 0 aliphatic carbocycles. The highest BCUT2D eigenvalue weighted by molar-refractivity contribution is 7.12. The van der Waals surface area contributed by atoms with Crippen molar-refractivity contribution in [2.45, 2.75) is 59.4 Å². The van der Waals surface area contributed by atoms with Crippen molar-refractivity contribution in [3.63, 3.8) is 0 Å². The molecule has 2 heteroatoms. The number of rotatable bonds is 4. The smallest absolute Gasteiger partial charge is 0.0648 e. The van der Waals surface area contributed by atoms with Gasteiger partial charge in [-0.1, -0.05) is 45.9 Å². The Morgan fingerprint density at radius 3 is 2.05 bits per heavy atom. The van der Waals surface area contributed by atoms with E-state index in [1.54, 1.807) is 0 Å². The monoisotopic (exact) mass is 301 g/mol. The van der Waals surface area contributed by atoms with Crippen LogP contribution in [0.2, 0.25) is 0 Å². The standard InChI is InChI=1S/C19H27NS/c1-11(2)15-7-8-16(17(10-15)12(3)4)19(20)18-9-13(5)14(6)21-18/h7-12,19H,20H2,1-6H3. The van der Waals surface area contributed by atoms with Crippen LogP contribution in [-0.2, 0) is 0 Å². The van der Waals surface area contributed by atoms with Gasteiger partial charge in [0.2, 0.25) is 0 Å². The van der Waals surface area contributed by atoms with Crippen LogP contribution in [0.1, 0.15) is 77.6 Å². The van der Waals surface area contributed by atoms with Crippen molar-refractivity contribution in [2.75, 3.05) is 0 Å². The van der Waals surface area contributed by atoms with E-state index in [0.29, 0.717) is 11.8 Å². The van der Waals surface area contributed by atoms with Gasteiger partial charge in [-0.3, -0.25) is 0 Å². The molecule has 1 aromatic heterocycles. The van der Waals surface area contributed by atoms with Gasteiger partial charge in [0.25, 0.3) is 0 Å². The number of hydrogen-bond donors (Lipinski definition) is 1. The van der Waals surface area contributed by atoms with Crippen LogP contribution >= 0.6 is 11.3 Å². The van der Waals surface area contributed by atoms with Crippen LogP contribution in [0.4, 0.5) is 0 Å². The molecule has 0 aliphatic rings. The molecule has 0 saturated carbocycles. The van der Waals surface area contributed by atoms with Gasteiger partial charge in [-0.05, 0) is 54.0 Å². The summed E-state index contributed by atoms with van der Waals surface area (Å²) in [6.07, 6.45) is 0. The van der Waals surface area contributed by atoms with Crippen LogP contribution in [-0.4, -0.2) is 0 Å². The summed E-state index contributed by atoms with van der Waals surface area (Å²) in [6.45, 7) is 13.3. The molecular formula is C19H27NS. The fraction of sp³-hybridized carbons (Fsp3) is 0.474. The minimum absolute atomic E-state index is 0.0130. The normalized spacial score (nSPS) is 13.2. The third-order valence-corrected chi connectivity index (χ3v) is 5.46. The number of benzene rings is 1. The van der Waals surface area contributed by atoms with E-state index in [1.807, 2.05) is 11.3 Å². The van der Waals surface area contributed by atoms with E-state index >= 15 is 0 Å². The zero-order valence-electron chi connectivity index (χ0n) is 14.0. The lowest BCUT2D eigenvalue weighted by atomic mass is 9.88. The first-order valence-electron chi connectivity index (χ1n) is 7.77. The highest BCUT2D eigenvalue weighted by atomic mass is 32.1. The van der Waals surface area contributed by atoms with Gasteiger partial charge in [-0.2, -0.15) is 0 Å². The molecule has 1 unspecified atom stereocenters. The van der Waals surface area contributed by atoms with Crippen molar-refractivity contribution >= 4 is 11.3 Å². The summed E-state index contributed by atoms with van der Waals surface area (Å²) < 4.78 is 0. The van der Waals surface area contributed by atoms with Crippen molar-refractivity contribution in [1.29, 1.82) is 0 Å². The Labute approximate surface area is 133 Å².